The Morgan fingerprint density at radius 3 is 2.74 bits per heavy atom. The summed E-state index contributed by atoms with van der Waals surface area (Å²) >= 11 is 0. The van der Waals surface area contributed by atoms with Crippen LogP contribution in [0, 0.1) is 0 Å². The van der Waals surface area contributed by atoms with Crippen LogP contribution in [0.1, 0.15) is 18.4 Å². The molecule has 4 nitrogen and oxygen atoms in total. The van der Waals surface area contributed by atoms with Gasteiger partial charge in [-0.3, -0.25) is 9.59 Å². The Hall–Kier alpha value is -2.36. The highest BCUT2D eigenvalue weighted by atomic mass is 16.4. The molecule has 4 heteroatoms. The number of hydrogen-bond donors (Lipinski definition) is 1. The van der Waals surface area contributed by atoms with E-state index in [-0.39, 0.29) is 12.5 Å². The summed E-state index contributed by atoms with van der Waals surface area (Å²) in [5.41, 5.74) is 1.38. The zero-order valence-electron chi connectivity index (χ0n) is 10.6. The second-order valence-electron chi connectivity index (χ2n) is 4.28. The number of nitrogens with zero attached hydrogens (tertiary/aromatic N) is 1. The molecule has 0 fully saturated rings. The van der Waals surface area contributed by atoms with Crippen LogP contribution in [0.2, 0.25) is 0 Å². The molecule has 0 radical (unpaired) electrons. The smallest absolute Gasteiger partial charge is 0.312 e. The number of carbonyl (C=O) groups is 2. The quantitative estimate of drug-likeness (QED) is 0.668. The normalized spacial score (nSPS) is 18.2. The topological polar surface area (TPSA) is 57.6 Å². The van der Waals surface area contributed by atoms with Crippen LogP contribution < -0.4 is 4.90 Å². The van der Waals surface area contributed by atoms with Gasteiger partial charge in [-0.05, 0) is 18.6 Å². The number of hydrogen-bond acceptors (Lipinski definition) is 2. The van der Waals surface area contributed by atoms with Gasteiger partial charge in [0.15, 0.2) is 0 Å². The van der Waals surface area contributed by atoms with Crippen molar-refractivity contribution in [3.63, 3.8) is 0 Å². The summed E-state index contributed by atoms with van der Waals surface area (Å²) in [6.45, 7) is 2.05. The molecule has 1 aliphatic heterocycles. The van der Waals surface area contributed by atoms with Crippen molar-refractivity contribution in [1.29, 1.82) is 0 Å². The van der Waals surface area contributed by atoms with E-state index in [2.05, 4.69) is 0 Å². The predicted molar refractivity (Wildman–Crippen MR) is 73.1 cm³/mol. The van der Waals surface area contributed by atoms with Crippen molar-refractivity contribution in [1.82, 2.24) is 0 Å². The van der Waals surface area contributed by atoms with Crippen LogP contribution in [-0.2, 0) is 9.59 Å². The van der Waals surface area contributed by atoms with Gasteiger partial charge in [0.25, 0.3) is 5.91 Å². The minimum atomic E-state index is -0.903. The van der Waals surface area contributed by atoms with Gasteiger partial charge in [-0.25, -0.2) is 0 Å². The van der Waals surface area contributed by atoms with Gasteiger partial charge in [-0.2, -0.15) is 0 Å². The van der Waals surface area contributed by atoms with Crippen molar-refractivity contribution in [2.75, 3.05) is 11.4 Å². The van der Waals surface area contributed by atoms with Gasteiger partial charge in [0.1, 0.15) is 5.92 Å². The van der Waals surface area contributed by atoms with E-state index in [1.165, 1.54) is 11.0 Å². The van der Waals surface area contributed by atoms with Crippen LogP contribution in [0.5, 0.6) is 0 Å². The Labute approximate surface area is 111 Å². The summed E-state index contributed by atoms with van der Waals surface area (Å²) < 4.78 is 0. The van der Waals surface area contributed by atoms with Crippen molar-refractivity contribution in [3.05, 3.63) is 54.1 Å². The number of aliphatic carboxylic acids is 1. The molecule has 0 saturated heterocycles. The maximum absolute atomic E-state index is 12.1. The molecular formula is C15H15NO3. The van der Waals surface area contributed by atoms with Crippen LogP contribution in [0.25, 0.3) is 0 Å². The van der Waals surface area contributed by atoms with Crippen molar-refractivity contribution in [2.24, 2.45) is 0 Å². The Kier molecular flexibility index (Phi) is 3.80. The van der Waals surface area contributed by atoms with E-state index in [1.807, 2.05) is 13.0 Å². The molecule has 98 valence electrons. The molecule has 1 atom stereocenters. The third-order valence-corrected chi connectivity index (χ3v) is 3.07. The molecule has 1 aliphatic rings. The fourth-order valence-electron chi connectivity index (χ4n) is 2.17. The van der Waals surface area contributed by atoms with Crippen molar-refractivity contribution in [2.45, 2.75) is 12.8 Å². The lowest BCUT2D eigenvalue weighted by molar-refractivity contribution is -0.138. The Bertz CT molecular complexity index is 560. The zero-order chi connectivity index (χ0) is 13.8. The Morgan fingerprint density at radius 2 is 2.05 bits per heavy atom. The molecule has 0 spiro atoms. The average Bonchev–Trinajstić information content (AvgIpc) is 2.78. The summed E-state index contributed by atoms with van der Waals surface area (Å²) in [5, 5.41) is 9.21. The molecule has 0 aromatic heterocycles. The number of fused-ring (bicyclic) bond motifs is 1. The first-order valence-corrected chi connectivity index (χ1v) is 6.07. The minimum Gasteiger partial charge on any atom is -0.481 e. The lowest BCUT2D eigenvalue weighted by Crippen LogP contribution is -2.29. The summed E-state index contributed by atoms with van der Waals surface area (Å²) in [7, 11) is 0. The number of amides is 1. The van der Waals surface area contributed by atoms with Gasteiger partial charge in [-0.15, -0.1) is 0 Å². The highest BCUT2D eigenvalue weighted by Gasteiger charge is 2.35. The molecule has 1 aromatic carbocycles. The second kappa shape index (κ2) is 5.52. The van der Waals surface area contributed by atoms with Crippen LogP contribution in [0.4, 0.5) is 5.69 Å². The minimum absolute atomic E-state index is 0.188. The largest absolute Gasteiger partial charge is 0.481 e. The van der Waals surface area contributed by atoms with Gasteiger partial charge < -0.3 is 10.0 Å². The molecule has 0 aliphatic carbocycles. The molecule has 1 unspecified atom stereocenters. The summed E-state index contributed by atoms with van der Waals surface area (Å²) in [5.74, 6) is -1.75. The molecule has 0 bridgehead atoms. The third-order valence-electron chi connectivity index (χ3n) is 3.07. The summed E-state index contributed by atoms with van der Waals surface area (Å²) in [6.07, 6.45) is 6.68. The molecule has 1 aromatic rings. The van der Waals surface area contributed by atoms with E-state index in [9.17, 15) is 14.7 Å². The fourth-order valence-corrected chi connectivity index (χ4v) is 2.17. The van der Waals surface area contributed by atoms with Gasteiger partial charge in [-0.1, -0.05) is 36.4 Å². The first-order chi connectivity index (χ1) is 9.15. The third kappa shape index (κ3) is 2.57. The first kappa shape index (κ1) is 13.1. The Balaban J connectivity index is 2.30. The van der Waals surface area contributed by atoms with Crippen LogP contribution in [-0.4, -0.2) is 23.5 Å². The standard InChI is InChI=1S/C15H15NO3/c1-2-3-4-9-14(17)16-10-12(15(18)19)11-7-5-6-8-13(11)16/h2-9,12H,10H2,1H3,(H,18,19). The van der Waals surface area contributed by atoms with E-state index in [4.69, 9.17) is 0 Å². The number of rotatable bonds is 3. The van der Waals surface area contributed by atoms with E-state index in [0.29, 0.717) is 11.3 Å². The average molecular weight is 257 g/mol. The lowest BCUT2D eigenvalue weighted by atomic mass is 10.0. The van der Waals surface area contributed by atoms with Crippen molar-refractivity contribution in [3.8, 4) is 0 Å². The SMILES string of the molecule is CC=CC=CC(=O)N1CC(C(=O)O)c2ccccc21. The van der Waals surface area contributed by atoms with Gasteiger partial charge >= 0.3 is 5.97 Å². The monoisotopic (exact) mass is 257 g/mol. The van der Waals surface area contributed by atoms with E-state index < -0.39 is 11.9 Å². The molecule has 19 heavy (non-hydrogen) atoms. The second-order valence-corrected chi connectivity index (χ2v) is 4.28. The predicted octanol–water partition coefficient (Wildman–Crippen LogP) is 2.33. The van der Waals surface area contributed by atoms with Crippen molar-refractivity contribution < 1.29 is 14.7 Å². The molecule has 1 heterocycles. The maximum atomic E-state index is 12.1. The molecule has 1 amide bonds. The molecule has 1 N–H and O–H groups in total. The lowest BCUT2D eigenvalue weighted by Gasteiger charge is -2.14. The van der Waals surface area contributed by atoms with Crippen LogP contribution in [0.15, 0.2) is 48.6 Å². The number of carboxylic acid groups (broad SMARTS) is 1. The van der Waals surface area contributed by atoms with Crippen LogP contribution >= 0.6 is 0 Å². The van der Waals surface area contributed by atoms with E-state index >= 15 is 0 Å². The van der Waals surface area contributed by atoms with Crippen molar-refractivity contribution >= 4 is 17.6 Å². The van der Waals surface area contributed by atoms with E-state index in [1.54, 1.807) is 36.4 Å². The fraction of sp³-hybridized carbons (Fsp3) is 0.200. The number of allylic oxidation sites excluding steroid dienone is 3. The first-order valence-electron chi connectivity index (χ1n) is 6.07. The van der Waals surface area contributed by atoms with Crippen LogP contribution in [0.3, 0.4) is 0 Å². The van der Waals surface area contributed by atoms with Gasteiger partial charge in [0, 0.05) is 18.3 Å². The molecule has 2 rings (SSSR count). The zero-order valence-corrected chi connectivity index (χ0v) is 10.6. The highest BCUT2D eigenvalue weighted by Crippen LogP contribution is 2.36. The number of carboxylic acids is 1. The number of anilines is 1. The number of para-hydroxylation sites is 1. The van der Waals surface area contributed by atoms with E-state index in [0.717, 1.165) is 0 Å². The maximum Gasteiger partial charge on any atom is 0.312 e. The summed E-state index contributed by atoms with van der Waals surface area (Å²) in [4.78, 5) is 24.8. The summed E-state index contributed by atoms with van der Waals surface area (Å²) in [6, 6.07) is 7.13. The molecular weight excluding hydrogens is 242 g/mol. The number of carbonyl (C=O) groups excluding carboxylic acids is 1. The highest BCUT2D eigenvalue weighted by molar-refractivity contribution is 6.05. The Morgan fingerprint density at radius 1 is 1.32 bits per heavy atom. The van der Waals surface area contributed by atoms with Gasteiger partial charge in [0.05, 0.1) is 0 Å². The van der Waals surface area contributed by atoms with Gasteiger partial charge in [0.2, 0.25) is 0 Å². The molecule has 0 saturated carbocycles. The number of benzene rings is 1.